The lowest BCUT2D eigenvalue weighted by molar-refractivity contribution is 0.618. The van der Waals surface area contributed by atoms with Crippen molar-refractivity contribution >= 4 is 56.5 Å². The van der Waals surface area contributed by atoms with Crippen molar-refractivity contribution in [1.29, 1.82) is 0 Å². The van der Waals surface area contributed by atoms with Crippen molar-refractivity contribution < 1.29 is 8.78 Å². The maximum absolute atomic E-state index is 15.4. The van der Waals surface area contributed by atoms with Crippen LogP contribution in [-0.4, -0.2) is 0 Å². The normalized spacial score (nSPS) is 12.9. The molecule has 1 aliphatic carbocycles. The van der Waals surface area contributed by atoms with Gasteiger partial charge in [-0.3, -0.25) is 0 Å². The van der Waals surface area contributed by atoms with E-state index < -0.39 is 0 Å². The van der Waals surface area contributed by atoms with Crippen molar-refractivity contribution in [3.05, 3.63) is 178 Å². The summed E-state index contributed by atoms with van der Waals surface area (Å²) in [4.78, 5) is 4.04. The maximum Gasteiger partial charge on any atom is 0.128 e. The van der Waals surface area contributed by atoms with Crippen molar-refractivity contribution in [2.24, 2.45) is 0 Å². The van der Waals surface area contributed by atoms with Crippen LogP contribution in [0.3, 0.4) is 0 Å². The Kier molecular flexibility index (Phi) is 7.96. The highest BCUT2D eigenvalue weighted by molar-refractivity contribution is 6.36. The van der Waals surface area contributed by atoms with Gasteiger partial charge < -0.3 is 9.80 Å². The first-order chi connectivity index (χ1) is 24.5. The summed E-state index contributed by atoms with van der Waals surface area (Å²) in [6.45, 7) is 10.0. The lowest BCUT2D eigenvalue weighted by Gasteiger charge is -2.32. The first kappa shape index (κ1) is 32.7. The van der Waals surface area contributed by atoms with E-state index in [1.54, 1.807) is 38.1 Å². The molecule has 7 aromatic carbocycles. The van der Waals surface area contributed by atoms with Crippen LogP contribution in [-0.2, 0) is 5.41 Å². The molecule has 1 aliphatic rings. The zero-order chi connectivity index (χ0) is 35.6. The van der Waals surface area contributed by atoms with Crippen LogP contribution in [0.1, 0.15) is 41.7 Å². The Morgan fingerprint density at radius 3 is 1.61 bits per heavy atom. The van der Waals surface area contributed by atoms with Crippen LogP contribution in [0.5, 0.6) is 0 Å². The van der Waals surface area contributed by atoms with Gasteiger partial charge >= 0.3 is 0 Å². The molecule has 0 heterocycles. The third-order valence-corrected chi connectivity index (χ3v) is 10.7. The summed E-state index contributed by atoms with van der Waals surface area (Å²) >= 11 is 7.61. The lowest BCUT2D eigenvalue weighted by Crippen LogP contribution is -2.17. The van der Waals surface area contributed by atoms with Gasteiger partial charge in [0.15, 0.2) is 0 Å². The molecule has 0 aliphatic heterocycles. The van der Waals surface area contributed by atoms with E-state index in [4.69, 9.17) is 11.6 Å². The number of fused-ring (bicyclic) bond motifs is 4. The molecule has 7 aromatic rings. The number of rotatable bonds is 6. The summed E-state index contributed by atoms with van der Waals surface area (Å²) in [5.41, 5.74) is 11.0. The topological polar surface area (TPSA) is 6.48 Å². The minimum Gasteiger partial charge on any atom is -0.309 e. The molecule has 0 saturated carbocycles. The summed E-state index contributed by atoms with van der Waals surface area (Å²) in [7, 11) is 0. The molecule has 0 amide bonds. The van der Waals surface area contributed by atoms with E-state index >= 15 is 8.78 Å². The van der Waals surface area contributed by atoms with Gasteiger partial charge in [0.05, 0.1) is 16.4 Å². The average Bonchev–Trinajstić information content (AvgIpc) is 3.35. The van der Waals surface area contributed by atoms with Gasteiger partial charge in [-0.2, -0.15) is 0 Å². The molecular weight excluding hydrogens is 654 g/mol. The standard InChI is InChI=1S/C46H37ClF2N2/c1-28-22-43(50(35-17-14-29(2)41(48)26-35)33-19-16-31-10-6-7-11-32(31)24-33)45(47)44(23-28)51(36-18-15-30(3)42(49)27-36)34-20-21-38-37-12-8-9-13-39(37)46(4,5)40(38)25-34/h6-27H,1-5H3. The first-order valence-electron chi connectivity index (χ1n) is 17.2. The number of hydrogen-bond donors (Lipinski definition) is 0. The smallest absolute Gasteiger partial charge is 0.128 e. The van der Waals surface area contributed by atoms with E-state index in [1.165, 1.54) is 22.3 Å². The molecular formula is C46H37ClF2N2. The summed E-state index contributed by atoms with van der Waals surface area (Å²) in [6, 6.07) is 44.0. The largest absolute Gasteiger partial charge is 0.309 e. The van der Waals surface area contributed by atoms with E-state index in [1.807, 2.05) is 59.2 Å². The second kappa shape index (κ2) is 12.4. The fourth-order valence-corrected chi connectivity index (χ4v) is 7.78. The molecule has 252 valence electrons. The molecule has 0 atom stereocenters. The van der Waals surface area contributed by atoms with Crippen LogP contribution in [0.2, 0.25) is 5.02 Å². The van der Waals surface area contributed by atoms with Crippen molar-refractivity contribution in [2.75, 3.05) is 9.80 Å². The molecule has 0 aromatic heterocycles. The third-order valence-electron chi connectivity index (χ3n) is 10.3. The summed E-state index contributed by atoms with van der Waals surface area (Å²) < 4.78 is 30.7. The summed E-state index contributed by atoms with van der Waals surface area (Å²) in [5, 5.41) is 2.59. The zero-order valence-electron chi connectivity index (χ0n) is 29.2. The van der Waals surface area contributed by atoms with E-state index in [-0.39, 0.29) is 17.0 Å². The number of nitrogens with zero attached hydrogens (tertiary/aromatic N) is 2. The molecule has 0 bridgehead atoms. The van der Waals surface area contributed by atoms with Gasteiger partial charge in [0.2, 0.25) is 0 Å². The molecule has 0 unspecified atom stereocenters. The Hall–Kier alpha value is -5.45. The van der Waals surface area contributed by atoms with E-state index in [9.17, 15) is 0 Å². The number of halogens is 3. The number of anilines is 6. The molecule has 0 radical (unpaired) electrons. The van der Waals surface area contributed by atoms with Crippen LogP contribution >= 0.6 is 11.6 Å². The van der Waals surface area contributed by atoms with Crippen LogP contribution in [0.25, 0.3) is 21.9 Å². The van der Waals surface area contributed by atoms with Crippen molar-refractivity contribution in [1.82, 2.24) is 0 Å². The minimum atomic E-state index is -0.305. The van der Waals surface area contributed by atoms with Gasteiger partial charge in [-0.05, 0) is 131 Å². The second-order valence-corrected chi connectivity index (χ2v) is 14.5. The monoisotopic (exact) mass is 690 g/mol. The van der Waals surface area contributed by atoms with Crippen LogP contribution < -0.4 is 9.80 Å². The van der Waals surface area contributed by atoms with Gasteiger partial charge in [-0.15, -0.1) is 0 Å². The molecule has 0 N–H and O–H groups in total. The maximum atomic E-state index is 15.4. The van der Waals surface area contributed by atoms with Crippen molar-refractivity contribution in [3.8, 4) is 11.1 Å². The Labute approximate surface area is 303 Å². The van der Waals surface area contributed by atoms with Crippen LogP contribution in [0.4, 0.5) is 42.9 Å². The van der Waals surface area contributed by atoms with Crippen LogP contribution in [0, 0.1) is 32.4 Å². The third kappa shape index (κ3) is 5.55. The lowest BCUT2D eigenvalue weighted by atomic mass is 9.82. The minimum absolute atomic E-state index is 0.240. The number of benzene rings is 7. The number of hydrogen-bond acceptors (Lipinski definition) is 2. The van der Waals surface area contributed by atoms with E-state index in [0.717, 1.165) is 27.7 Å². The fourth-order valence-electron chi connectivity index (χ4n) is 7.50. The molecule has 8 rings (SSSR count). The van der Waals surface area contributed by atoms with Gasteiger partial charge in [-0.25, -0.2) is 8.78 Å². The van der Waals surface area contributed by atoms with E-state index in [0.29, 0.717) is 38.9 Å². The number of aryl methyl sites for hydroxylation is 3. The SMILES string of the molecule is Cc1cc(N(c2ccc(C)c(F)c2)c2ccc3c(c2)C(C)(C)c2ccccc2-3)c(Cl)c(N(c2ccc(C)c(F)c2)c2ccc3ccccc3c2)c1. The quantitative estimate of drug-likeness (QED) is 0.171. The predicted octanol–water partition coefficient (Wildman–Crippen LogP) is 13.9. The van der Waals surface area contributed by atoms with Crippen molar-refractivity contribution in [2.45, 2.75) is 40.0 Å². The predicted molar refractivity (Wildman–Crippen MR) is 210 cm³/mol. The Morgan fingerprint density at radius 2 is 0.980 bits per heavy atom. The van der Waals surface area contributed by atoms with Gasteiger partial charge in [0.1, 0.15) is 11.6 Å². The second-order valence-electron chi connectivity index (χ2n) is 14.1. The molecule has 0 spiro atoms. The van der Waals surface area contributed by atoms with Crippen LogP contribution in [0.15, 0.2) is 133 Å². The first-order valence-corrected chi connectivity index (χ1v) is 17.5. The summed E-state index contributed by atoms with van der Waals surface area (Å²) in [5.74, 6) is -0.607. The zero-order valence-corrected chi connectivity index (χ0v) is 30.0. The Morgan fingerprint density at radius 1 is 0.490 bits per heavy atom. The summed E-state index contributed by atoms with van der Waals surface area (Å²) in [6.07, 6.45) is 0. The molecule has 0 fully saturated rings. The highest BCUT2D eigenvalue weighted by Gasteiger charge is 2.36. The van der Waals surface area contributed by atoms with Gasteiger partial charge in [0.25, 0.3) is 0 Å². The highest BCUT2D eigenvalue weighted by Crippen LogP contribution is 2.52. The highest BCUT2D eigenvalue weighted by atomic mass is 35.5. The van der Waals surface area contributed by atoms with Gasteiger partial charge in [-0.1, -0.05) is 98.2 Å². The fraction of sp³-hybridized carbons (Fsp3) is 0.130. The average molecular weight is 691 g/mol. The Bertz CT molecular complexity index is 2500. The molecule has 2 nitrogen and oxygen atoms in total. The van der Waals surface area contributed by atoms with Crippen molar-refractivity contribution in [3.63, 3.8) is 0 Å². The molecule has 5 heteroatoms. The Balaban J connectivity index is 1.37. The molecule has 0 saturated heterocycles. The van der Waals surface area contributed by atoms with Gasteiger partial charge in [0, 0.05) is 28.2 Å². The van der Waals surface area contributed by atoms with E-state index in [2.05, 4.69) is 80.6 Å². The molecule has 51 heavy (non-hydrogen) atoms.